The summed E-state index contributed by atoms with van der Waals surface area (Å²) in [6.45, 7) is 6.25. The van der Waals surface area contributed by atoms with Crippen LogP contribution in [0, 0.1) is 0 Å². The number of benzene rings is 1. The lowest BCUT2D eigenvalue weighted by atomic mass is 10.1. The SMILES string of the molecule is C=CCCC(O)CNC(C)c1ccc2c(c1)NC(=O)CO2. The number of fused-ring (bicyclic) bond motifs is 1. The van der Waals surface area contributed by atoms with Gasteiger partial charge in [0.15, 0.2) is 6.61 Å². The zero-order valence-corrected chi connectivity index (χ0v) is 12.3. The van der Waals surface area contributed by atoms with Gasteiger partial charge in [0.05, 0.1) is 11.8 Å². The molecule has 0 aliphatic carbocycles. The minimum Gasteiger partial charge on any atom is -0.482 e. The van der Waals surface area contributed by atoms with Crippen molar-refractivity contribution >= 4 is 11.6 Å². The number of carbonyl (C=O) groups excluding carboxylic acids is 1. The van der Waals surface area contributed by atoms with E-state index in [-0.39, 0.29) is 24.7 Å². The van der Waals surface area contributed by atoms with Crippen LogP contribution in [0.25, 0.3) is 0 Å². The molecule has 0 radical (unpaired) electrons. The van der Waals surface area contributed by atoms with Gasteiger partial charge in [0.25, 0.3) is 5.91 Å². The van der Waals surface area contributed by atoms with Gasteiger partial charge in [-0.3, -0.25) is 4.79 Å². The molecule has 1 amide bonds. The van der Waals surface area contributed by atoms with Crippen LogP contribution in [0.3, 0.4) is 0 Å². The lowest BCUT2D eigenvalue weighted by Gasteiger charge is -2.21. The maximum absolute atomic E-state index is 11.3. The largest absolute Gasteiger partial charge is 0.482 e. The Morgan fingerprint density at radius 1 is 1.57 bits per heavy atom. The smallest absolute Gasteiger partial charge is 0.262 e. The number of nitrogens with one attached hydrogen (secondary N) is 2. The average molecular weight is 290 g/mol. The fraction of sp³-hybridized carbons (Fsp3) is 0.438. The van der Waals surface area contributed by atoms with E-state index < -0.39 is 0 Å². The molecular weight excluding hydrogens is 268 g/mol. The predicted octanol–water partition coefficient (Wildman–Crippen LogP) is 2.00. The predicted molar refractivity (Wildman–Crippen MR) is 82.4 cm³/mol. The number of amides is 1. The summed E-state index contributed by atoms with van der Waals surface area (Å²) < 4.78 is 5.33. The van der Waals surface area contributed by atoms with Gasteiger partial charge in [-0.1, -0.05) is 12.1 Å². The molecular formula is C16H22N2O3. The molecule has 0 aromatic heterocycles. The molecule has 0 fully saturated rings. The van der Waals surface area contributed by atoms with Crippen molar-refractivity contribution < 1.29 is 14.6 Å². The normalized spacial score (nSPS) is 16.4. The van der Waals surface area contributed by atoms with Crippen LogP contribution < -0.4 is 15.4 Å². The Labute approximate surface area is 125 Å². The van der Waals surface area contributed by atoms with Crippen LogP contribution in [0.1, 0.15) is 31.4 Å². The third-order valence-electron chi connectivity index (χ3n) is 3.50. The fourth-order valence-corrected chi connectivity index (χ4v) is 2.21. The molecule has 1 aromatic carbocycles. The van der Waals surface area contributed by atoms with Gasteiger partial charge in [0.1, 0.15) is 5.75 Å². The van der Waals surface area contributed by atoms with E-state index in [0.717, 1.165) is 12.0 Å². The molecule has 3 N–H and O–H groups in total. The first-order valence-corrected chi connectivity index (χ1v) is 7.19. The zero-order chi connectivity index (χ0) is 15.2. The summed E-state index contributed by atoms with van der Waals surface area (Å²) in [5.41, 5.74) is 1.74. The molecule has 0 saturated carbocycles. The number of aliphatic hydroxyl groups is 1. The Morgan fingerprint density at radius 3 is 3.14 bits per heavy atom. The maximum atomic E-state index is 11.3. The van der Waals surface area contributed by atoms with Crippen molar-refractivity contribution in [2.75, 3.05) is 18.5 Å². The van der Waals surface area contributed by atoms with Crippen molar-refractivity contribution in [1.82, 2.24) is 5.32 Å². The highest BCUT2D eigenvalue weighted by Crippen LogP contribution is 2.30. The summed E-state index contributed by atoms with van der Waals surface area (Å²) in [6, 6.07) is 5.80. The van der Waals surface area contributed by atoms with Gasteiger partial charge in [-0.25, -0.2) is 0 Å². The topological polar surface area (TPSA) is 70.6 Å². The summed E-state index contributed by atoms with van der Waals surface area (Å²) in [5.74, 6) is 0.552. The number of allylic oxidation sites excluding steroid dienone is 1. The average Bonchev–Trinajstić information content (AvgIpc) is 2.49. The molecule has 2 rings (SSSR count). The van der Waals surface area contributed by atoms with E-state index in [0.29, 0.717) is 24.4 Å². The van der Waals surface area contributed by atoms with Crippen molar-refractivity contribution in [1.29, 1.82) is 0 Å². The number of hydrogen-bond donors (Lipinski definition) is 3. The van der Waals surface area contributed by atoms with Crippen molar-refractivity contribution in [3.63, 3.8) is 0 Å². The lowest BCUT2D eigenvalue weighted by Crippen LogP contribution is -2.29. The first kappa shape index (κ1) is 15.5. The Hall–Kier alpha value is -1.85. The molecule has 0 spiro atoms. The van der Waals surface area contributed by atoms with Crippen molar-refractivity contribution in [2.45, 2.75) is 31.9 Å². The number of hydrogen-bond acceptors (Lipinski definition) is 4. The molecule has 5 nitrogen and oxygen atoms in total. The Kier molecular flexibility index (Phi) is 5.36. The molecule has 2 atom stereocenters. The van der Waals surface area contributed by atoms with E-state index in [2.05, 4.69) is 17.2 Å². The van der Waals surface area contributed by atoms with Crippen molar-refractivity contribution in [3.05, 3.63) is 36.4 Å². The van der Waals surface area contributed by atoms with Crippen LogP contribution in [-0.2, 0) is 4.79 Å². The first-order chi connectivity index (χ1) is 10.1. The second kappa shape index (κ2) is 7.24. The Balaban J connectivity index is 1.93. The van der Waals surface area contributed by atoms with E-state index in [4.69, 9.17) is 4.74 Å². The maximum Gasteiger partial charge on any atom is 0.262 e. The first-order valence-electron chi connectivity index (χ1n) is 7.19. The van der Waals surface area contributed by atoms with Gasteiger partial charge >= 0.3 is 0 Å². The molecule has 0 saturated heterocycles. The summed E-state index contributed by atoms with van der Waals surface area (Å²) in [4.78, 5) is 11.3. The van der Waals surface area contributed by atoms with E-state index in [1.165, 1.54) is 0 Å². The van der Waals surface area contributed by atoms with Crippen LogP contribution in [0.5, 0.6) is 5.75 Å². The van der Waals surface area contributed by atoms with Crippen LogP contribution in [0.2, 0.25) is 0 Å². The van der Waals surface area contributed by atoms with Gasteiger partial charge in [-0.05, 0) is 37.5 Å². The lowest BCUT2D eigenvalue weighted by molar-refractivity contribution is -0.118. The van der Waals surface area contributed by atoms with Gasteiger partial charge in [-0.2, -0.15) is 0 Å². The number of carbonyl (C=O) groups is 1. The van der Waals surface area contributed by atoms with Crippen LogP contribution >= 0.6 is 0 Å². The van der Waals surface area contributed by atoms with Gasteiger partial charge in [0, 0.05) is 12.6 Å². The second-order valence-electron chi connectivity index (χ2n) is 5.24. The summed E-state index contributed by atoms with van der Waals surface area (Å²) >= 11 is 0. The standard InChI is InChI=1S/C16H22N2O3/c1-3-4-5-13(19)9-17-11(2)12-6-7-15-14(8-12)18-16(20)10-21-15/h3,6-8,11,13,17,19H,1,4-5,9-10H2,2H3,(H,18,20). The van der Waals surface area contributed by atoms with Gasteiger partial charge in [-0.15, -0.1) is 6.58 Å². The third-order valence-corrected chi connectivity index (χ3v) is 3.50. The molecule has 114 valence electrons. The van der Waals surface area contributed by atoms with Gasteiger partial charge < -0.3 is 20.5 Å². The Morgan fingerprint density at radius 2 is 2.38 bits per heavy atom. The highest BCUT2D eigenvalue weighted by atomic mass is 16.5. The Bertz CT molecular complexity index is 516. The molecule has 1 aliphatic heterocycles. The van der Waals surface area contributed by atoms with Crippen LogP contribution in [0.15, 0.2) is 30.9 Å². The minimum absolute atomic E-state index is 0.0651. The number of aliphatic hydroxyl groups excluding tert-OH is 1. The van der Waals surface area contributed by atoms with E-state index in [9.17, 15) is 9.90 Å². The molecule has 1 aromatic rings. The minimum atomic E-state index is -0.383. The summed E-state index contributed by atoms with van der Waals surface area (Å²) in [6.07, 6.45) is 2.93. The quantitative estimate of drug-likeness (QED) is 0.672. The molecule has 2 unspecified atom stereocenters. The van der Waals surface area contributed by atoms with Crippen molar-refractivity contribution in [3.8, 4) is 5.75 Å². The van der Waals surface area contributed by atoms with E-state index in [1.54, 1.807) is 6.08 Å². The summed E-state index contributed by atoms with van der Waals surface area (Å²) in [7, 11) is 0. The third kappa shape index (κ3) is 4.31. The fourth-order valence-electron chi connectivity index (χ4n) is 2.21. The monoisotopic (exact) mass is 290 g/mol. The second-order valence-corrected chi connectivity index (χ2v) is 5.24. The number of ether oxygens (including phenoxy) is 1. The molecule has 21 heavy (non-hydrogen) atoms. The highest BCUT2D eigenvalue weighted by Gasteiger charge is 2.17. The van der Waals surface area contributed by atoms with Crippen LogP contribution in [-0.4, -0.2) is 30.3 Å². The van der Waals surface area contributed by atoms with Gasteiger partial charge in [0.2, 0.25) is 0 Å². The highest BCUT2D eigenvalue weighted by molar-refractivity contribution is 5.95. The molecule has 0 bridgehead atoms. The molecule has 1 heterocycles. The zero-order valence-electron chi connectivity index (χ0n) is 12.3. The molecule has 1 aliphatic rings. The van der Waals surface area contributed by atoms with Crippen molar-refractivity contribution in [2.24, 2.45) is 0 Å². The number of anilines is 1. The molecule has 5 heteroatoms. The van der Waals surface area contributed by atoms with E-state index >= 15 is 0 Å². The van der Waals surface area contributed by atoms with Crippen LogP contribution in [0.4, 0.5) is 5.69 Å². The summed E-state index contributed by atoms with van der Waals surface area (Å²) in [5, 5.41) is 15.9. The number of rotatable bonds is 7. The van der Waals surface area contributed by atoms with E-state index in [1.807, 2.05) is 25.1 Å².